The van der Waals surface area contributed by atoms with Crippen LogP contribution < -0.4 is 15.7 Å². The van der Waals surface area contributed by atoms with Crippen molar-refractivity contribution >= 4 is 23.5 Å². The van der Waals surface area contributed by atoms with E-state index in [-0.39, 0.29) is 23.4 Å². The van der Waals surface area contributed by atoms with Crippen LogP contribution in [0.5, 0.6) is 0 Å². The number of hydrogen-bond acceptors (Lipinski definition) is 6. The summed E-state index contributed by atoms with van der Waals surface area (Å²) in [4.78, 5) is 35.9. The topological polar surface area (TPSA) is 121 Å². The van der Waals surface area contributed by atoms with Crippen LogP contribution in [0.15, 0.2) is 24.3 Å². The van der Waals surface area contributed by atoms with E-state index in [9.17, 15) is 19.5 Å². The normalized spacial score (nSPS) is 20.4. The van der Waals surface area contributed by atoms with E-state index < -0.39 is 30.3 Å². The molecule has 1 aromatic rings. The van der Waals surface area contributed by atoms with Gasteiger partial charge in [0, 0.05) is 25.2 Å². The summed E-state index contributed by atoms with van der Waals surface area (Å²) < 4.78 is 10.5. The van der Waals surface area contributed by atoms with Crippen LogP contribution in [-0.4, -0.2) is 49.8 Å². The number of hydrogen-bond donors (Lipinski definition) is 2. The maximum absolute atomic E-state index is 12.8. The first kappa shape index (κ1) is 21.8. The van der Waals surface area contributed by atoms with Gasteiger partial charge >= 0.3 is 5.97 Å². The Bertz CT molecular complexity index is 706. The molecule has 1 aliphatic rings. The van der Waals surface area contributed by atoms with E-state index in [1.807, 2.05) is 0 Å². The zero-order valence-electron chi connectivity index (χ0n) is 16.5. The van der Waals surface area contributed by atoms with Crippen LogP contribution in [0, 0.1) is 5.92 Å². The first-order chi connectivity index (χ1) is 13.3. The van der Waals surface area contributed by atoms with E-state index >= 15 is 0 Å². The summed E-state index contributed by atoms with van der Waals surface area (Å²) >= 11 is 0. The Balaban J connectivity index is 2.11. The van der Waals surface area contributed by atoms with E-state index in [4.69, 9.17) is 9.47 Å². The van der Waals surface area contributed by atoms with Crippen LogP contribution in [0.25, 0.3) is 0 Å². The Kier molecular flexibility index (Phi) is 7.95. The number of anilines is 1. The summed E-state index contributed by atoms with van der Waals surface area (Å²) in [5, 5.41) is 15.6. The number of nitrogens with two attached hydrogens (primary N) is 1. The average Bonchev–Trinajstić information content (AvgIpc) is 2.67. The highest BCUT2D eigenvalue weighted by molar-refractivity contribution is 6.02. The molecular weight excluding hydrogens is 364 g/mol. The summed E-state index contributed by atoms with van der Waals surface area (Å²) in [6, 6.07) is 5.64. The second-order valence-corrected chi connectivity index (χ2v) is 7.34. The molecule has 1 aromatic carbocycles. The van der Waals surface area contributed by atoms with Crippen LogP contribution in [0.4, 0.5) is 5.69 Å². The summed E-state index contributed by atoms with van der Waals surface area (Å²) in [5.74, 6) is -2.03. The zero-order chi connectivity index (χ0) is 20.7. The number of carbonyl (C=O) groups is 3. The molecule has 154 valence electrons. The second-order valence-electron chi connectivity index (χ2n) is 7.34. The van der Waals surface area contributed by atoms with E-state index in [0.717, 1.165) is 12.8 Å². The maximum atomic E-state index is 12.8. The van der Waals surface area contributed by atoms with E-state index in [2.05, 4.69) is 19.2 Å². The molecule has 2 rings (SSSR count). The van der Waals surface area contributed by atoms with Crippen molar-refractivity contribution in [2.24, 2.45) is 5.92 Å². The lowest BCUT2D eigenvalue weighted by atomic mass is 9.94. The minimum Gasteiger partial charge on any atom is -0.550 e. The fraction of sp³-hybridized carbons (Fsp3) is 0.550. The molecular formula is C20H28N2O6. The standard InChI is InChI=1S/C20H28N2O6/c1-12(2)17-10-13(8-9-28-17)21-16(11-18(23)24)19(25)22-15-7-5-4-6-14(15)20(26)27-3/h4-7,12-13,16-17,21H,8-11H2,1-3H3,(H,22,25)(H,23,24). The van der Waals surface area contributed by atoms with Gasteiger partial charge in [0.15, 0.2) is 6.04 Å². The summed E-state index contributed by atoms with van der Waals surface area (Å²) in [6.45, 7) is 4.72. The summed E-state index contributed by atoms with van der Waals surface area (Å²) in [7, 11) is 1.25. The van der Waals surface area contributed by atoms with Crippen LogP contribution in [0.2, 0.25) is 0 Å². The van der Waals surface area contributed by atoms with Crippen molar-refractivity contribution in [2.45, 2.75) is 51.3 Å². The molecule has 0 spiro atoms. The maximum Gasteiger partial charge on any atom is 0.339 e. The van der Waals surface area contributed by atoms with Gasteiger partial charge < -0.3 is 30.0 Å². The molecule has 0 bridgehead atoms. The third kappa shape index (κ3) is 6.03. The number of carboxylic acids is 1. The number of carbonyl (C=O) groups excluding carboxylic acids is 3. The van der Waals surface area contributed by atoms with Gasteiger partial charge in [-0.1, -0.05) is 26.0 Å². The minimum atomic E-state index is -1.30. The third-order valence-corrected chi connectivity index (χ3v) is 4.92. The highest BCUT2D eigenvalue weighted by Gasteiger charge is 2.32. The largest absolute Gasteiger partial charge is 0.550 e. The Labute approximate surface area is 164 Å². The Hall–Kier alpha value is -2.45. The molecule has 1 aliphatic heterocycles. The molecule has 8 nitrogen and oxygen atoms in total. The monoisotopic (exact) mass is 392 g/mol. The number of nitrogens with one attached hydrogen (secondary N) is 1. The molecule has 8 heteroatoms. The summed E-state index contributed by atoms with van der Waals surface area (Å²) in [6.07, 6.45) is 1.14. The van der Waals surface area contributed by atoms with Gasteiger partial charge in [0.25, 0.3) is 5.91 Å². The highest BCUT2D eigenvalue weighted by Crippen LogP contribution is 2.19. The Morgan fingerprint density at radius 2 is 2.04 bits per heavy atom. The SMILES string of the molecule is COC(=O)c1ccccc1NC(=O)C(CC(=O)[O-])[NH2+]C1CCOC(C(C)C)C1. The van der Waals surface area contributed by atoms with E-state index in [1.54, 1.807) is 23.5 Å². The number of esters is 1. The van der Waals surface area contributed by atoms with Gasteiger partial charge in [0.05, 0.1) is 37.1 Å². The fourth-order valence-electron chi connectivity index (χ4n) is 3.36. The number of aliphatic carboxylic acids is 1. The lowest BCUT2D eigenvalue weighted by molar-refractivity contribution is -0.713. The quantitative estimate of drug-likeness (QED) is 0.585. The molecule has 1 saturated heterocycles. The molecule has 0 aliphatic carbocycles. The van der Waals surface area contributed by atoms with Gasteiger partial charge in [-0.2, -0.15) is 0 Å². The van der Waals surface area contributed by atoms with Gasteiger partial charge in [-0.15, -0.1) is 0 Å². The third-order valence-electron chi connectivity index (χ3n) is 4.92. The predicted octanol–water partition coefficient (Wildman–Crippen LogP) is -0.313. The Morgan fingerprint density at radius 1 is 1.32 bits per heavy atom. The van der Waals surface area contributed by atoms with Crippen LogP contribution >= 0.6 is 0 Å². The second kappa shape index (κ2) is 10.2. The summed E-state index contributed by atoms with van der Waals surface area (Å²) in [5.41, 5.74) is 0.486. The van der Waals surface area contributed by atoms with Gasteiger partial charge in [-0.25, -0.2) is 4.79 Å². The van der Waals surface area contributed by atoms with Crippen LogP contribution in [0.1, 0.15) is 43.5 Å². The Morgan fingerprint density at radius 3 is 2.68 bits per heavy atom. The van der Waals surface area contributed by atoms with Gasteiger partial charge in [-0.05, 0) is 18.1 Å². The number of methoxy groups -OCH3 is 1. The van der Waals surface area contributed by atoms with Crippen molar-refractivity contribution in [1.29, 1.82) is 0 Å². The number of quaternary nitrogens is 1. The highest BCUT2D eigenvalue weighted by atomic mass is 16.5. The van der Waals surface area contributed by atoms with Crippen molar-refractivity contribution in [2.75, 3.05) is 19.0 Å². The number of para-hydroxylation sites is 1. The number of ether oxygens (including phenoxy) is 2. The van der Waals surface area contributed by atoms with Crippen molar-refractivity contribution in [3.05, 3.63) is 29.8 Å². The predicted molar refractivity (Wildman–Crippen MR) is 99.3 cm³/mol. The molecule has 1 amide bonds. The van der Waals surface area contributed by atoms with Crippen molar-refractivity contribution in [3.8, 4) is 0 Å². The van der Waals surface area contributed by atoms with E-state index in [0.29, 0.717) is 12.5 Å². The van der Waals surface area contributed by atoms with Gasteiger partial charge in [0.2, 0.25) is 0 Å². The molecule has 0 aromatic heterocycles. The van der Waals surface area contributed by atoms with Crippen LogP contribution in [-0.2, 0) is 19.1 Å². The smallest absolute Gasteiger partial charge is 0.339 e. The molecule has 3 N–H and O–H groups in total. The molecule has 28 heavy (non-hydrogen) atoms. The molecule has 3 atom stereocenters. The number of carboxylic acid groups (broad SMARTS) is 1. The molecule has 0 saturated carbocycles. The van der Waals surface area contributed by atoms with Crippen LogP contribution in [0.3, 0.4) is 0 Å². The first-order valence-corrected chi connectivity index (χ1v) is 9.46. The van der Waals surface area contributed by atoms with Crippen molar-refractivity contribution in [3.63, 3.8) is 0 Å². The van der Waals surface area contributed by atoms with Gasteiger partial charge in [0.1, 0.15) is 0 Å². The number of benzene rings is 1. The molecule has 0 radical (unpaired) electrons. The first-order valence-electron chi connectivity index (χ1n) is 9.46. The lowest BCUT2D eigenvalue weighted by Crippen LogP contribution is -2.98. The molecule has 1 heterocycles. The zero-order valence-corrected chi connectivity index (χ0v) is 16.5. The number of rotatable bonds is 8. The number of amides is 1. The van der Waals surface area contributed by atoms with E-state index in [1.165, 1.54) is 13.2 Å². The van der Waals surface area contributed by atoms with Gasteiger partial charge in [-0.3, -0.25) is 4.79 Å². The van der Waals surface area contributed by atoms with Crippen molar-refractivity contribution in [1.82, 2.24) is 0 Å². The average molecular weight is 392 g/mol. The lowest BCUT2D eigenvalue weighted by Gasteiger charge is -2.32. The minimum absolute atomic E-state index is 0.0760. The fourth-order valence-corrected chi connectivity index (χ4v) is 3.36. The molecule has 3 unspecified atom stereocenters. The van der Waals surface area contributed by atoms with Crippen molar-refractivity contribution < 1.29 is 34.3 Å². The molecule has 1 fully saturated rings.